The molecule has 2 aromatic rings. The molecule has 1 atom stereocenters. The number of hydrogen-bond donors (Lipinski definition) is 1. The molecule has 5 nitrogen and oxygen atoms in total. The average molecular weight is 259 g/mol. The zero-order valence-corrected chi connectivity index (χ0v) is 11.6. The summed E-state index contributed by atoms with van der Waals surface area (Å²) >= 11 is 0. The molecule has 1 aliphatic rings. The van der Waals surface area contributed by atoms with Crippen molar-refractivity contribution in [1.29, 1.82) is 0 Å². The van der Waals surface area contributed by atoms with Crippen LogP contribution >= 0.6 is 0 Å². The molecule has 1 saturated heterocycles. The lowest BCUT2D eigenvalue weighted by Gasteiger charge is -2.32. The lowest BCUT2D eigenvalue weighted by atomic mass is 9.93. The summed E-state index contributed by atoms with van der Waals surface area (Å²) in [6.45, 7) is 5.42. The van der Waals surface area contributed by atoms with Gasteiger partial charge >= 0.3 is 0 Å². The molecule has 1 unspecified atom stereocenters. The van der Waals surface area contributed by atoms with Crippen LogP contribution in [-0.4, -0.2) is 38.0 Å². The summed E-state index contributed by atoms with van der Waals surface area (Å²) in [5.41, 5.74) is 3.90. The van der Waals surface area contributed by atoms with Gasteiger partial charge in [-0.3, -0.25) is 14.7 Å². The van der Waals surface area contributed by atoms with Crippen molar-refractivity contribution < 1.29 is 0 Å². The number of piperidine rings is 1. The Kier molecular flexibility index (Phi) is 3.38. The second-order valence-corrected chi connectivity index (χ2v) is 5.56. The first-order valence-electron chi connectivity index (χ1n) is 6.92. The standard InChI is InChI=1S/C14H21N5/c1-11-6-15-17-14(11)13-4-3-5-19(10-13)9-12-7-16-18(2)8-12/h6-8,13H,3-5,9-10H2,1-2H3,(H,15,17). The minimum Gasteiger partial charge on any atom is -0.298 e. The van der Waals surface area contributed by atoms with Crippen LogP contribution in [0.2, 0.25) is 0 Å². The normalized spacial score (nSPS) is 20.8. The zero-order valence-electron chi connectivity index (χ0n) is 11.6. The van der Waals surface area contributed by atoms with Crippen molar-refractivity contribution in [3.63, 3.8) is 0 Å². The van der Waals surface area contributed by atoms with E-state index in [0.717, 1.165) is 13.1 Å². The minimum atomic E-state index is 0.591. The molecule has 1 N–H and O–H groups in total. The molecule has 0 bridgehead atoms. The Hall–Kier alpha value is -1.62. The molecule has 0 radical (unpaired) electrons. The van der Waals surface area contributed by atoms with Crippen LogP contribution in [0.4, 0.5) is 0 Å². The van der Waals surface area contributed by atoms with Crippen LogP contribution in [0.25, 0.3) is 0 Å². The highest BCUT2D eigenvalue weighted by Crippen LogP contribution is 2.28. The van der Waals surface area contributed by atoms with Crippen LogP contribution in [0.3, 0.4) is 0 Å². The van der Waals surface area contributed by atoms with E-state index in [1.807, 2.05) is 24.1 Å². The van der Waals surface area contributed by atoms with E-state index in [1.54, 1.807) is 0 Å². The molecule has 2 aromatic heterocycles. The summed E-state index contributed by atoms with van der Waals surface area (Å²) in [6, 6.07) is 0. The Morgan fingerprint density at radius 1 is 1.42 bits per heavy atom. The summed E-state index contributed by atoms with van der Waals surface area (Å²) in [5, 5.41) is 11.6. The smallest absolute Gasteiger partial charge is 0.0534 e. The van der Waals surface area contributed by atoms with Crippen LogP contribution in [0, 0.1) is 6.92 Å². The maximum atomic E-state index is 4.24. The van der Waals surface area contributed by atoms with Gasteiger partial charge in [-0.15, -0.1) is 0 Å². The van der Waals surface area contributed by atoms with Crippen LogP contribution in [-0.2, 0) is 13.6 Å². The molecule has 102 valence electrons. The van der Waals surface area contributed by atoms with E-state index in [2.05, 4.69) is 33.3 Å². The highest BCUT2D eigenvalue weighted by Gasteiger charge is 2.23. The monoisotopic (exact) mass is 259 g/mol. The molecule has 3 heterocycles. The second-order valence-electron chi connectivity index (χ2n) is 5.56. The molecule has 19 heavy (non-hydrogen) atoms. The molecule has 0 amide bonds. The van der Waals surface area contributed by atoms with Crippen molar-refractivity contribution >= 4 is 0 Å². The summed E-state index contributed by atoms with van der Waals surface area (Å²) in [5.74, 6) is 0.591. The highest BCUT2D eigenvalue weighted by atomic mass is 15.2. The fraction of sp³-hybridized carbons (Fsp3) is 0.571. The lowest BCUT2D eigenvalue weighted by molar-refractivity contribution is 0.198. The predicted octanol–water partition coefficient (Wildman–Crippen LogP) is 1.83. The number of nitrogens with one attached hydrogen (secondary N) is 1. The molecular weight excluding hydrogens is 238 g/mol. The molecule has 1 fully saturated rings. The van der Waals surface area contributed by atoms with Gasteiger partial charge in [-0.25, -0.2) is 0 Å². The third-order valence-electron chi connectivity index (χ3n) is 3.95. The molecule has 0 aromatic carbocycles. The van der Waals surface area contributed by atoms with Crippen molar-refractivity contribution in [3.8, 4) is 0 Å². The lowest BCUT2D eigenvalue weighted by Crippen LogP contribution is -2.34. The molecule has 3 rings (SSSR count). The van der Waals surface area contributed by atoms with Gasteiger partial charge in [0.2, 0.25) is 0 Å². The van der Waals surface area contributed by atoms with Gasteiger partial charge in [-0.2, -0.15) is 10.2 Å². The van der Waals surface area contributed by atoms with Crippen molar-refractivity contribution in [1.82, 2.24) is 24.9 Å². The molecule has 5 heteroatoms. The van der Waals surface area contributed by atoms with E-state index in [-0.39, 0.29) is 0 Å². The number of nitrogens with zero attached hydrogens (tertiary/aromatic N) is 4. The van der Waals surface area contributed by atoms with Crippen molar-refractivity contribution in [2.24, 2.45) is 7.05 Å². The Morgan fingerprint density at radius 2 is 2.32 bits per heavy atom. The van der Waals surface area contributed by atoms with Crippen molar-refractivity contribution in [2.75, 3.05) is 13.1 Å². The fourth-order valence-electron chi connectivity index (χ4n) is 3.02. The van der Waals surface area contributed by atoms with Gasteiger partial charge in [0.25, 0.3) is 0 Å². The second kappa shape index (κ2) is 5.17. The van der Waals surface area contributed by atoms with Crippen LogP contribution in [0.1, 0.15) is 35.6 Å². The van der Waals surface area contributed by atoms with Gasteiger partial charge in [0.1, 0.15) is 0 Å². The first-order chi connectivity index (χ1) is 9.22. The minimum absolute atomic E-state index is 0.591. The SMILES string of the molecule is Cc1cn[nH]c1C1CCCN(Cc2cnn(C)c2)C1. The summed E-state index contributed by atoms with van der Waals surface area (Å²) in [6.07, 6.45) is 8.50. The third-order valence-corrected chi connectivity index (χ3v) is 3.95. The van der Waals surface area contributed by atoms with Crippen molar-refractivity contribution in [3.05, 3.63) is 35.4 Å². The largest absolute Gasteiger partial charge is 0.298 e. The predicted molar refractivity (Wildman–Crippen MR) is 73.8 cm³/mol. The summed E-state index contributed by atoms with van der Waals surface area (Å²) < 4.78 is 1.87. The van der Waals surface area contributed by atoms with E-state index >= 15 is 0 Å². The topological polar surface area (TPSA) is 49.7 Å². The number of hydrogen-bond acceptors (Lipinski definition) is 3. The quantitative estimate of drug-likeness (QED) is 0.915. The molecule has 0 saturated carbocycles. The number of H-pyrrole nitrogens is 1. The number of likely N-dealkylation sites (tertiary alicyclic amines) is 1. The maximum Gasteiger partial charge on any atom is 0.0534 e. The Bertz CT molecular complexity index is 542. The molecular formula is C14H21N5. The highest BCUT2D eigenvalue weighted by molar-refractivity contribution is 5.19. The van der Waals surface area contributed by atoms with E-state index < -0.39 is 0 Å². The van der Waals surface area contributed by atoms with Crippen LogP contribution in [0.15, 0.2) is 18.6 Å². The van der Waals surface area contributed by atoms with Gasteiger partial charge in [0, 0.05) is 43.5 Å². The van der Waals surface area contributed by atoms with E-state index in [0.29, 0.717) is 5.92 Å². The Morgan fingerprint density at radius 3 is 3.00 bits per heavy atom. The van der Waals surface area contributed by atoms with Gasteiger partial charge in [-0.1, -0.05) is 0 Å². The molecule has 0 aliphatic carbocycles. The van der Waals surface area contributed by atoms with Gasteiger partial charge < -0.3 is 0 Å². The average Bonchev–Trinajstić information content (AvgIpc) is 2.99. The van der Waals surface area contributed by atoms with Crippen LogP contribution in [0.5, 0.6) is 0 Å². The molecule has 1 aliphatic heterocycles. The molecule has 0 spiro atoms. The number of rotatable bonds is 3. The first-order valence-corrected chi connectivity index (χ1v) is 6.92. The number of aromatic amines is 1. The summed E-state index contributed by atoms with van der Waals surface area (Å²) in [7, 11) is 1.97. The number of aryl methyl sites for hydroxylation is 2. The summed E-state index contributed by atoms with van der Waals surface area (Å²) in [4.78, 5) is 2.52. The van der Waals surface area contributed by atoms with E-state index in [1.165, 1.54) is 36.2 Å². The van der Waals surface area contributed by atoms with Crippen molar-refractivity contribution in [2.45, 2.75) is 32.2 Å². The number of aromatic nitrogens is 4. The Balaban J connectivity index is 1.66. The Labute approximate surface area is 113 Å². The zero-order chi connectivity index (χ0) is 13.2. The van der Waals surface area contributed by atoms with E-state index in [4.69, 9.17) is 0 Å². The first kappa shape index (κ1) is 12.4. The van der Waals surface area contributed by atoms with Crippen LogP contribution < -0.4 is 0 Å². The van der Waals surface area contributed by atoms with Gasteiger partial charge in [0.05, 0.1) is 12.4 Å². The fourth-order valence-corrected chi connectivity index (χ4v) is 3.02. The van der Waals surface area contributed by atoms with Gasteiger partial charge in [-0.05, 0) is 31.9 Å². The van der Waals surface area contributed by atoms with E-state index in [9.17, 15) is 0 Å². The van der Waals surface area contributed by atoms with Gasteiger partial charge in [0.15, 0.2) is 0 Å². The maximum absolute atomic E-state index is 4.24. The third kappa shape index (κ3) is 2.71.